The van der Waals surface area contributed by atoms with Gasteiger partial charge in [-0.05, 0) is 25.1 Å². The monoisotopic (exact) mass is 267 g/mol. The van der Waals surface area contributed by atoms with Crippen molar-refractivity contribution < 1.29 is 14.7 Å². The lowest BCUT2D eigenvalue weighted by Gasteiger charge is -2.07. The summed E-state index contributed by atoms with van der Waals surface area (Å²) >= 11 is 5.79. The van der Waals surface area contributed by atoms with Gasteiger partial charge in [-0.15, -0.1) is 0 Å². The lowest BCUT2D eigenvalue weighted by molar-refractivity contribution is 0.0520. The number of fused-ring (bicyclic) bond motifs is 1. The van der Waals surface area contributed by atoms with E-state index in [2.05, 4.69) is 0 Å². The van der Waals surface area contributed by atoms with Crippen LogP contribution in [0.25, 0.3) is 10.9 Å². The number of ether oxygens (including phenoxy) is 1. The maximum Gasteiger partial charge on any atom is 0.343 e. The number of hydrogen-bond acceptors (Lipinski definition) is 4. The number of hydrogen-bond donors (Lipinski definition) is 1. The summed E-state index contributed by atoms with van der Waals surface area (Å²) in [6.07, 6.45) is 1.04. The van der Waals surface area contributed by atoms with Crippen molar-refractivity contribution in [3.05, 3.63) is 45.2 Å². The fourth-order valence-electron chi connectivity index (χ4n) is 1.64. The Morgan fingerprint density at radius 1 is 1.50 bits per heavy atom. The Morgan fingerprint density at radius 2 is 2.22 bits per heavy atom. The highest BCUT2D eigenvalue weighted by atomic mass is 35.5. The standard InChI is InChI=1S/C12H10ClNO4/c1-2-18-12(16)9-6-14(17)10-4-3-7(13)5-8(10)11(9)15/h3-6,17H,2H2,1H3. The second kappa shape index (κ2) is 4.70. The summed E-state index contributed by atoms with van der Waals surface area (Å²) in [5.74, 6) is -0.771. The minimum absolute atomic E-state index is 0.150. The minimum atomic E-state index is -0.771. The van der Waals surface area contributed by atoms with Crippen LogP contribution in [0, 0.1) is 0 Å². The van der Waals surface area contributed by atoms with Crippen molar-refractivity contribution in [3.63, 3.8) is 0 Å². The molecule has 5 nitrogen and oxygen atoms in total. The first-order chi connectivity index (χ1) is 8.54. The van der Waals surface area contributed by atoms with Crippen molar-refractivity contribution in [2.24, 2.45) is 0 Å². The fraction of sp³-hybridized carbons (Fsp3) is 0.167. The molecule has 1 N–H and O–H groups in total. The molecule has 2 aromatic rings. The molecule has 0 aliphatic rings. The number of aromatic nitrogens is 1. The third kappa shape index (κ3) is 2.04. The zero-order valence-corrected chi connectivity index (χ0v) is 10.3. The average Bonchev–Trinajstić information content (AvgIpc) is 2.33. The van der Waals surface area contributed by atoms with Crippen LogP contribution < -0.4 is 5.43 Å². The number of esters is 1. The third-order valence-electron chi connectivity index (χ3n) is 2.44. The number of rotatable bonds is 2. The Morgan fingerprint density at radius 3 is 2.89 bits per heavy atom. The van der Waals surface area contributed by atoms with E-state index in [0.717, 1.165) is 6.20 Å². The van der Waals surface area contributed by atoms with Crippen LogP contribution in [-0.4, -0.2) is 22.5 Å². The summed E-state index contributed by atoms with van der Waals surface area (Å²) in [7, 11) is 0. The van der Waals surface area contributed by atoms with Gasteiger partial charge in [-0.25, -0.2) is 4.79 Å². The van der Waals surface area contributed by atoms with Crippen LogP contribution >= 0.6 is 11.6 Å². The van der Waals surface area contributed by atoms with E-state index in [1.54, 1.807) is 13.0 Å². The van der Waals surface area contributed by atoms with Gasteiger partial charge in [-0.1, -0.05) is 11.6 Å². The first kappa shape index (κ1) is 12.4. The number of carbonyl (C=O) groups is 1. The second-order valence-corrected chi connectivity index (χ2v) is 4.03. The van der Waals surface area contributed by atoms with Crippen LogP contribution in [-0.2, 0) is 4.74 Å². The molecular weight excluding hydrogens is 258 g/mol. The molecule has 0 fully saturated rings. The minimum Gasteiger partial charge on any atom is -0.462 e. The second-order valence-electron chi connectivity index (χ2n) is 3.60. The average molecular weight is 268 g/mol. The molecule has 0 radical (unpaired) electrons. The highest BCUT2D eigenvalue weighted by molar-refractivity contribution is 6.31. The zero-order chi connectivity index (χ0) is 13.3. The molecule has 1 aromatic carbocycles. The topological polar surface area (TPSA) is 68.5 Å². The molecule has 0 unspecified atom stereocenters. The smallest absolute Gasteiger partial charge is 0.343 e. The summed E-state index contributed by atoms with van der Waals surface area (Å²) < 4.78 is 5.45. The summed E-state index contributed by atoms with van der Waals surface area (Å²) in [5, 5.41) is 10.2. The number of benzene rings is 1. The molecule has 2 rings (SSSR count). The summed E-state index contributed by atoms with van der Waals surface area (Å²) in [6, 6.07) is 4.43. The Labute approximate surface area is 107 Å². The molecule has 0 saturated carbocycles. The number of pyridine rings is 1. The van der Waals surface area contributed by atoms with Crippen LogP contribution in [0.2, 0.25) is 5.02 Å². The molecule has 0 atom stereocenters. The van der Waals surface area contributed by atoms with Gasteiger partial charge in [0, 0.05) is 5.02 Å². The highest BCUT2D eigenvalue weighted by Gasteiger charge is 2.16. The maximum absolute atomic E-state index is 12.1. The molecule has 0 aliphatic carbocycles. The third-order valence-corrected chi connectivity index (χ3v) is 2.68. The molecule has 1 heterocycles. The van der Waals surface area contributed by atoms with Crippen molar-refractivity contribution in [2.45, 2.75) is 6.92 Å². The van der Waals surface area contributed by atoms with E-state index in [1.165, 1.54) is 12.1 Å². The lowest BCUT2D eigenvalue weighted by Crippen LogP contribution is -2.20. The SMILES string of the molecule is CCOC(=O)c1cn(O)c2ccc(Cl)cc2c1=O. The Bertz CT molecular complexity index is 678. The van der Waals surface area contributed by atoms with Gasteiger partial charge in [-0.3, -0.25) is 4.79 Å². The van der Waals surface area contributed by atoms with Crippen molar-refractivity contribution in [2.75, 3.05) is 6.61 Å². The quantitative estimate of drug-likeness (QED) is 0.668. The van der Waals surface area contributed by atoms with E-state index in [1.807, 2.05) is 0 Å². The Balaban J connectivity index is 2.75. The van der Waals surface area contributed by atoms with Crippen molar-refractivity contribution in [1.29, 1.82) is 0 Å². The van der Waals surface area contributed by atoms with Crippen LogP contribution in [0.15, 0.2) is 29.2 Å². The van der Waals surface area contributed by atoms with Crippen molar-refractivity contribution in [3.8, 4) is 0 Å². The predicted octanol–water partition coefficient (Wildman–Crippen LogP) is 2.07. The van der Waals surface area contributed by atoms with Crippen molar-refractivity contribution in [1.82, 2.24) is 4.73 Å². The van der Waals surface area contributed by atoms with E-state index in [9.17, 15) is 14.8 Å². The first-order valence-corrected chi connectivity index (χ1v) is 5.63. The van der Waals surface area contributed by atoms with Crippen LogP contribution in [0.5, 0.6) is 0 Å². The number of halogens is 1. The number of nitrogens with zero attached hydrogens (tertiary/aromatic N) is 1. The van der Waals surface area contributed by atoms with E-state index in [4.69, 9.17) is 16.3 Å². The van der Waals surface area contributed by atoms with E-state index < -0.39 is 11.4 Å². The molecule has 0 bridgehead atoms. The molecule has 0 saturated heterocycles. The molecular formula is C12H10ClNO4. The predicted molar refractivity (Wildman–Crippen MR) is 66.4 cm³/mol. The molecule has 0 spiro atoms. The van der Waals surface area contributed by atoms with Gasteiger partial charge in [0.05, 0.1) is 23.7 Å². The normalized spacial score (nSPS) is 10.6. The molecule has 1 aromatic heterocycles. The summed E-state index contributed by atoms with van der Waals surface area (Å²) in [5.41, 5.74) is -0.470. The van der Waals surface area contributed by atoms with Gasteiger partial charge in [-0.2, -0.15) is 4.73 Å². The van der Waals surface area contributed by atoms with Crippen LogP contribution in [0.3, 0.4) is 0 Å². The van der Waals surface area contributed by atoms with Gasteiger partial charge in [0.2, 0.25) is 5.43 Å². The molecule has 0 amide bonds. The van der Waals surface area contributed by atoms with Gasteiger partial charge in [0.25, 0.3) is 0 Å². The maximum atomic E-state index is 12.1. The lowest BCUT2D eigenvalue weighted by atomic mass is 10.1. The molecule has 18 heavy (non-hydrogen) atoms. The first-order valence-electron chi connectivity index (χ1n) is 5.26. The van der Waals surface area contributed by atoms with Gasteiger partial charge < -0.3 is 9.94 Å². The van der Waals surface area contributed by atoms with E-state index in [-0.39, 0.29) is 23.1 Å². The Hall–Kier alpha value is -2.01. The molecule has 94 valence electrons. The van der Waals surface area contributed by atoms with E-state index in [0.29, 0.717) is 9.75 Å². The highest BCUT2D eigenvalue weighted by Crippen LogP contribution is 2.16. The van der Waals surface area contributed by atoms with Crippen LogP contribution in [0.1, 0.15) is 17.3 Å². The fourth-order valence-corrected chi connectivity index (χ4v) is 1.81. The van der Waals surface area contributed by atoms with Gasteiger partial charge >= 0.3 is 5.97 Å². The summed E-state index contributed by atoms with van der Waals surface area (Å²) in [6.45, 7) is 1.78. The van der Waals surface area contributed by atoms with Crippen molar-refractivity contribution >= 4 is 28.5 Å². The van der Waals surface area contributed by atoms with E-state index >= 15 is 0 Å². The Kier molecular flexibility index (Phi) is 3.25. The van der Waals surface area contributed by atoms with Crippen LogP contribution in [0.4, 0.5) is 0 Å². The molecule has 6 heteroatoms. The van der Waals surface area contributed by atoms with Gasteiger partial charge in [0.1, 0.15) is 5.56 Å². The zero-order valence-electron chi connectivity index (χ0n) is 9.51. The number of carbonyl (C=O) groups excluding carboxylic acids is 1. The molecule has 0 aliphatic heterocycles. The largest absolute Gasteiger partial charge is 0.462 e. The summed E-state index contributed by atoms with van der Waals surface area (Å²) in [4.78, 5) is 23.6. The van der Waals surface area contributed by atoms with Gasteiger partial charge in [0.15, 0.2) is 0 Å².